The molecule has 0 aliphatic heterocycles. The van der Waals surface area contributed by atoms with Gasteiger partial charge in [-0.15, -0.1) is 0 Å². The predicted molar refractivity (Wildman–Crippen MR) is 99.3 cm³/mol. The second kappa shape index (κ2) is 7.25. The molecule has 3 aromatic carbocycles. The van der Waals surface area contributed by atoms with Crippen molar-refractivity contribution in [3.63, 3.8) is 0 Å². The Balaban J connectivity index is 2.03. The fourth-order valence-corrected chi connectivity index (χ4v) is 2.87. The molecule has 0 heterocycles. The number of hydrogen-bond acceptors (Lipinski definition) is 2. The fourth-order valence-electron chi connectivity index (χ4n) is 2.50. The molecule has 0 aromatic heterocycles. The molecule has 4 heteroatoms. The minimum absolute atomic E-state index is 0.299. The van der Waals surface area contributed by atoms with Crippen LogP contribution in [-0.2, 0) is 0 Å². The highest BCUT2D eigenvalue weighted by atomic mass is 35.5. The van der Waals surface area contributed by atoms with E-state index >= 15 is 0 Å². The van der Waals surface area contributed by atoms with Gasteiger partial charge in [-0.1, -0.05) is 48.5 Å². The minimum atomic E-state index is -0.299. The normalized spacial score (nSPS) is 10.2. The van der Waals surface area contributed by atoms with Gasteiger partial charge in [0.15, 0.2) is 0 Å². The summed E-state index contributed by atoms with van der Waals surface area (Å²) in [6.45, 7) is 0. The second-order valence-electron chi connectivity index (χ2n) is 5.15. The molecule has 0 radical (unpaired) electrons. The lowest BCUT2D eigenvalue weighted by molar-refractivity contribution is 0.415. The number of benzene rings is 3. The van der Waals surface area contributed by atoms with Gasteiger partial charge < -0.3 is 9.55 Å². The first-order chi connectivity index (χ1) is 11.3. The fraction of sp³-hybridized carbons (Fsp3) is 0.0526. The first-order valence-electron chi connectivity index (χ1n) is 7.47. The topological polar surface area (TPSA) is 12.5 Å². The van der Waals surface area contributed by atoms with E-state index in [0.29, 0.717) is 0 Å². The van der Waals surface area contributed by atoms with Crippen LogP contribution in [-0.4, -0.2) is 13.4 Å². The zero-order valence-corrected chi connectivity index (χ0v) is 13.6. The molecule has 0 spiro atoms. The summed E-state index contributed by atoms with van der Waals surface area (Å²) in [4.78, 5) is 2.11. The lowest BCUT2D eigenvalue weighted by atomic mass is 9.77. The van der Waals surface area contributed by atoms with E-state index in [0.717, 1.165) is 22.6 Å². The van der Waals surface area contributed by atoms with E-state index in [1.165, 1.54) is 0 Å². The molecule has 3 rings (SSSR count). The van der Waals surface area contributed by atoms with E-state index in [2.05, 4.69) is 16.9 Å². The van der Waals surface area contributed by atoms with Gasteiger partial charge in [0.1, 0.15) is 5.75 Å². The first kappa shape index (κ1) is 15.5. The van der Waals surface area contributed by atoms with Crippen molar-refractivity contribution in [1.29, 1.82) is 0 Å². The highest BCUT2D eigenvalue weighted by Gasteiger charge is 2.25. The molecule has 0 bridgehead atoms. The smallest absolute Gasteiger partial charge is 0.399 e. The molecule has 0 aliphatic rings. The van der Waals surface area contributed by atoms with E-state index in [-0.39, 0.29) is 6.26 Å². The van der Waals surface area contributed by atoms with Crippen LogP contribution in [0.3, 0.4) is 0 Å². The third-order valence-corrected chi connectivity index (χ3v) is 4.13. The van der Waals surface area contributed by atoms with Gasteiger partial charge in [0, 0.05) is 11.4 Å². The molecule has 0 aliphatic carbocycles. The number of rotatable bonds is 5. The molecule has 114 valence electrons. The van der Waals surface area contributed by atoms with Crippen molar-refractivity contribution in [3.8, 4) is 5.75 Å². The van der Waals surface area contributed by atoms with E-state index in [9.17, 15) is 0 Å². The number of para-hydroxylation sites is 1. The maximum atomic E-state index is 6.81. The third-order valence-electron chi connectivity index (χ3n) is 3.69. The van der Waals surface area contributed by atoms with Crippen LogP contribution in [0, 0.1) is 0 Å². The summed E-state index contributed by atoms with van der Waals surface area (Å²) < 4.78 is 5.25. The molecule has 0 fully saturated rings. The van der Waals surface area contributed by atoms with Crippen LogP contribution >= 0.6 is 11.5 Å². The number of ether oxygens (including phenoxy) is 1. The predicted octanol–water partition coefficient (Wildman–Crippen LogP) is 4.47. The summed E-state index contributed by atoms with van der Waals surface area (Å²) in [7, 11) is 1.66. The van der Waals surface area contributed by atoms with Crippen molar-refractivity contribution >= 4 is 34.6 Å². The molecule has 0 atom stereocenters. The number of anilines is 2. The second-order valence-corrected chi connectivity index (χ2v) is 5.56. The zero-order valence-electron chi connectivity index (χ0n) is 12.9. The van der Waals surface area contributed by atoms with Crippen molar-refractivity contribution in [2.45, 2.75) is 0 Å². The Morgan fingerprint density at radius 3 is 1.83 bits per heavy atom. The number of hydrogen-bond donors (Lipinski definition) is 0. The van der Waals surface area contributed by atoms with Gasteiger partial charge >= 0.3 is 6.26 Å². The van der Waals surface area contributed by atoms with Gasteiger partial charge in [-0.25, -0.2) is 0 Å². The highest BCUT2D eigenvalue weighted by molar-refractivity contribution is 7.16. The van der Waals surface area contributed by atoms with Crippen LogP contribution in [0.1, 0.15) is 0 Å². The number of halogens is 1. The summed E-state index contributed by atoms with van der Waals surface area (Å²) in [5.41, 5.74) is 3.11. The Hall–Kier alpha value is -2.39. The van der Waals surface area contributed by atoms with Gasteiger partial charge in [-0.2, -0.15) is 11.5 Å². The monoisotopic (exact) mass is 321 g/mol. The van der Waals surface area contributed by atoms with Crippen molar-refractivity contribution in [2.75, 3.05) is 11.9 Å². The first-order valence-corrected chi connectivity index (χ1v) is 7.90. The van der Waals surface area contributed by atoms with Gasteiger partial charge in [-0.05, 0) is 41.9 Å². The van der Waals surface area contributed by atoms with Crippen molar-refractivity contribution in [3.05, 3.63) is 84.9 Å². The zero-order chi connectivity index (χ0) is 16.1. The SMILES string of the molecule is COc1ccc(N(B(Cl)c2ccccc2)c2ccccc2)cc1. The van der Waals surface area contributed by atoms with E-state index in [1.807, 2.05) is 72.8 Å². The molecule has 0 unspecified atom stereocenters. The highest BCUT2D eigenvalue weighted by Crippen LogP contribution is 2.29. The molecule has 23 heavy (non-hydrogen) atoms. The van der Waals surface area contributed by atoms with E-state index in [1.54, 1.807) is 7.11 Å². The van der Waals surface area contributed by atoms with Gasteiger partial charge in [-0.3, -0.25) is 0 Å². The Morgan fingerprint density at radius 2 is 1.26 bits per heavy atom. The summed E-state index contributed by atoms with van der Waals surface area (Å²) >= 11 is 6.81. The number of nitrogens with zero attached hydrogens (tertiary/aromatic N) is 1. The summed E-state index contributed by atoms with van der Waals surface area (Å²) in [6.07, 6.45) is -0.299. The van der Waals surface area contributed by atoms with E-state index in [4.69, 9.17) is 16.2 Å². The molecular formula is C19H17BClNO. The molecular weight excluding hydrogens is 304 g/mol. The lowest BCUT2D eigenvalue weighted by Crippen LogP contribution is -2.41. The van der Waals surface area contributed by atoms with Crippen LogP contribution in [0.25, 0.3) is 0 Å². The Bertz CT molecular complexity index is 734. The van der Waals surface area contributed by atoms with Gasteiger partial charge in [0.25, 0.3) is 0 Å². The quantitative estimate of drug-likeness (QED) is 0.643. The van der Waals surface area contributed by atoms with Crippen LogP contribution in [0.2, 0.25) is 0 Å². The maximum absolute atomic E-state index is 6.81. The molecule has 0 saturated carbocycles. The summed E-state index contributed by atoms with van der Waals surface area (Å²) in [5, 5.41) is 0. The van der Waals surface area contributed by atoms with Crippen molar-refractivity contribution in [2.24, 2.45) is 0 Å². The summed E-state index contributed by atoms with van der Waals surface area (Å²) in [6, 6.07) is 28.1. The van der Waals surface area contributed by atoms with Crippen LogP contribution in [0.5, 0.6) is 5.75 Å². The molecule has 0 N–H and O–H groups in total. The number of methoxy groups -OCH3 is 1. The lowest BCUT2D eigenvalue weighted by Gasteiger charge is -2.28. The van der Waals surface area contributed by atoms with Crippen LogP contribution in [0.15, 0.2) is 84.9 Å². The van der Waals surface area contributed by atoms with Crippen LogP contribution in [0.4, 0.5) is 11.4 Å². The third kappa shape index (κ3) is 3.51. The Morgan fingerprint density at radius 1 is 0.739 bits per heavy atom. The van der Waals surface area contributed by atoms with E-state index < -0.39 is 0 Å². The molecule has 0 saturated heterocycles. The largest absolute Gasteiger partial charge is 0.497 e. The Labute approximate surface area is 142 Å². The van der Waals surface area contributed by atoms with Gasteiger partial charge in [0.05, 0.1) is 7.11 Å². The Kier molecular flexibility index (Phi) is 4.89. The maximum Gasteiger partial charge on any atom is 0.399 e. The van der Waals surface area contributed by atoms with Crippen LogP contribution < -0.4 is 15.0 Å². The van der Waals surface area contributed by atoms with Crippen molar-refractivity contribution in [1.82, 2.24) is 0 Å². The average Bonchev–Trinajstić information content (AvgIpc) is 2.64. The molecule has 3 aromatic rings. The minimum Gasteiger partial charge on any atom is -0.497 e. The average molecular weight is 322 g/mol. The van der Waals surface area contributed by atoms with Crippen molar-refractivity contribution < 1.29 is 4.74 Å². The van der Waals surface area contributed by atoms with Gasteiger partial charge in [0.2, 0.25) is 0 Å². The standard InChI is InChI=1S/C19H17BClNO/c1-23-19-14-12-18(13-15-19)22(17-10-6-3-7-11-17)20(21)16-8-4-2-5-9-16/h2-15H,1H3. The molecule has 2 nitrogen and oxygen atoms in total. The molecule has 0 amide bonds. The summed E-state index contributed by atoms with van der Waals surface area (Å²) in [5.74, 6) is 0.826.